The van der Waals surface area contributed by atoms with Gasteiger partial charge in [0.15, 0.2) is 5.78 Å². The maximum absolute atomic E-state index is 13.1. The normalized spacial score (nSPS) is 10.7. The molecule has 0 aliphatic rings. The predicted octanol–water partition coefficient (Wildman–Crippen LogP) is 3.58. The molecule has 7 heteroatoms. The van der Waals surface area contributed by atoms with Crippen molar-refractivity contribution < 1.29 is 14.3 Å². The van der Waals surface area contributed by atoms with E-state index in [1.165, 1.54) is 18.6 Å². The van der Waals surface area contributed by atoms with Gasteiger partial charge in [0.05, 0.1) is 18.2 Å². The molecule has 0 unspecified atom stereocenters. The number of carbonyl (C=O) groups excluding carboxylic acids is 2. The minimum atomic E-state index is -0.414. The number of amides is 1. The second-order valence-electron chi connectivity index (χ2n) is 7.37. The Kier molecular flexibility index (Phi) is 5.81. The number of nitrogens with zero attached hydrogens (tertiary/aromatic N) is 2. The molecule has 0 aliphatic heterocycles. The van der Waals surface area contributed by atoms with E-state index in [1.807, 2.05) is 13.0 Å². The summed E-state index contributed by atoms with van der Waals surface area (Å²) < 4.78 is 6.81. The molecule has 0 bridgehead atoms. The van der Waals surface area contributed by atoms with Crippen molar-refractivity contribution in [3.05, 3.63) is 100 Å². The van der Waals surface area contributed by atoms with Gasteiger partial charge in [-0.25, -0.2) is 0 Å². The molecular formula is C25H21N3O4. The number of ketones is 1. The van der Waals surface area contributed by atoms with Crippen LogP contribution in [0.1, 0.15) is 21.5 Å². The highest BCUT2D eigenvalue weighted by atomic mass is 16.5. The predicted molar refractivity (Wildman–Crippen MR) is 122 cm³/mol. The summed E-state index contributed by atoms with van der Waals surface area (Å²) in [5, 5.41) is 3.21. The third-order valence-corrected chi connectivity index (χ3v) is 5.09. The summed E-state index contributed by atoms with van der Waals surface area (Å²) in [6.45, 7) is 1.80. The number of hydrogen-bond donors (Lipinski definition) is 1. The van der Waals surface area contributed by atoms with Gasteiger partial charge < -0.3 is 14.6 Å². The number of anilines is 1. The molecule has 1 N–H and O–H groups in total. The van der Waals surface area contributed by atoms with Crippen LogP contribution >= 0.6 is 0 Å². The van der Waals surface area contributed by atoms with E-state index in [2.05, 4.69) is 10.3 Å². The monoisotopic (exact) mass is 427 g/mol. The van der Waals surface area contributed by atoms with E-state index in [-0.39, 0.29) is 23.4 Å². The van der Waals surface area contributed by atoms with Crippen LogP contribution < -0.4 is 15.5 Å². The highest BCUT2D eigenvalue weighted by molar-refractivity contribution is 6.10. The molecule has 0 radical (unpaired) electrons. The Morgan fingerprint density at radius 1 is 1.06 bits per heavy atom. The number of aromatic nitrogens is 2. The summed E-state index contributed by atoms with van der Waals surface area (Å²) in [4.78, 5) is 42.9. The van der Waals surface area contributed by atoms with Crippen molar-refractivity contribution in [3.8, 4) is 5.75 Å². The number of aryl methyl sites for hydroxylation is 1. The van der Waals surface area contributed by atoms with Gasteiger partial charge in [-0.05, 0) is 43.3 Å². The van der Waals surface area contributed by atoms with Crippen LogP contribution in [0.15, 0.2) is 78.0 Å². The molecule has 0 spiro atoms. The van der Waals surface area contributed by atoms with E-state index in [0.717, 1.165) is 5.56 Å². The van der Waals surface area contributed by atoms with Gasteiger partial charge in [-0.3, -0.25) is 19.4 Å². The maximum Gasteiger partial charge on any atom is 0.244 e. The van der Waals surface area contributed by atoms with E-state index >= 15 is 0 Å². The van der Waals surface area contributed by atoms with Gasteiger partial charge in [-0.15, -0.1) is 0 Å². The first-order chi connectivity index (χ1) is 15.5. The van der Waals surface area contributed by atoms with Crippen LogP contribution in [0, 0.1) is 6.92 Å². The molecule has 4 rings (SSSR count). The van der Waals surface area contributed by atoms with Crippen LogP contribution in [0.2, 0.25) is 0 Å². The van der Waals surface area contributed by atoms with Gasteiger partial charge in [0.1, 0.15) is 12.3 Å². The fraction of sp³-hybridized carbons (Fsp3) is 0.120. The number of pyridine rings is 2. The minimum Gasteiger partial charge on any atom is -0.497 e. The number of carbonyl (C=O) groups is 2. The van der Waals surface area contributed by atoms with Gasteiger partial charge in [0, 0.05) is 41.3 Å². The summed E-state index contributed by atoms with van der Waals surface area (Å²) >= 11 is 0. The molecule has 0 atom stereocenters. The molecule has 0 fully saturated rings. The average Bonchev–Trinajstić information content (AvgIpc) is 2.81. The summed E-state index contributed by atoms with van der Waals surface area (Å²) in [6, 6.07) is 15.5. The van der Waals surface area contributed by atoms with Crippen molar-refractivity contribution >= 4 is 28.3 Å². The highest BCUT2D eigenvalue weighted by Gasteiger charge is 2.18. The van der Waals surface area contributed by atoms with E-state index < -0.39 is 5.78 Å². The topological polar surface area (TPSA) is 90.3 Å². The van der Waals surface area contributed by atoms with Gasteiger partial charge in [0.25, 0.3) is 0 Å². The molecule has 4 aromatic rings. The Bertz CT molecular complexity index is 1380. The standard InChI is InChI=1S/C25H21N3O4/c1-16-6-7-22-20(12-16)25(31)21(24(30)17-8-10-26-11-9-17)14-28(22)15-23(29)27-18-4-3-5-19(13-18)32-2/h3-14H,15H2,1-2H3,(H,27,29). The largest absolute Gasteiger partial charge is 0.497 e. The van der Waals surface area contributed by atoms with Crippen LogP contribution in [-0.2, 0) is 11.3 Å². The van der Waals surface area contributed by atoms with E-state index in [9.17, 15) is 14.4 Å². The number of methoxy groups -OCH3 is 1. The van der Waals surface area contributed by atoms with Gasteiger partial charge in [0.2, 0.25) is 11.3 Å². The second-order valence-corrected chi connectivity index (χ2v) is 7.37. The van der Waals surface area contributed by atoms with Gasteiger partial charge in [-0.1, -0.05) is 17.7 Å². The third-order valence-electron chi connectivity index (χ3n) is 5.09. The highest BCUT2D eigenvalue weighted by Crippen LogP contribution is 2.19. The molecule has 160 valence electrons. The lowest BCUT2D eigenvalue weighted by Crippen LogP contribution is -2.24. The molecule has 7 nitrogen and oxygen atoms in total. The first-order valence-corrected chi connectivity index (χ1v) is 9.98. The lowest BCUT2D eigenvalue weighted by molar-refractivity contribution is -0.116. The number of hydrogen-bond acceptors (Lipinski definition) is 5. The quantitative estimate of drug-likeness (QED) is 0.475. The van der Waals surface area contributed by atoms with Crippen molar-refractivity contribution in [2.24, 2.45) is 0 Å². The number of benzene rings is 2. The fourth-order valence-electron chi connectivity index (χ4n) is 3.52. The molecule has 0 saturated carbocycles. The van der Waals surface area contributed by atoms with E-state index in [4.69, 9.17) is 4.74 Å². The second kappa shape index (κ2) is 8.85. The van der Waals surface area contributed by atoms with Crippen molar-refractivity contribution in [2.75, 3.05) is 12.4 Å². The Morgan fingerprint density at radius 2 is 1.84 bits per heavy atom. The summed E-state index contributed by atoms with van der Waals surface area (Å²) in [5.41, 5.74) is 2.04. The van der Waals surface area contributed by atoms with Crippen molar-refractivity contribution in [3.63, 3.8) is 0 Å². The fourth-order valence-corrected chi connectivity index (χ4v) is 3.52. The third kappa shape index (κ3) is 4.27. The van der Waals surface area contributed by atoms with Crippen molar-refractivity contribution in [1.82, 2.24) is 9.55 Å². The zero-order valence-electron chi connectivity index (χ0n) is 17.7. The summed E-state index contributed by atoms with van der Waals surface area (Å²) in [6.07, 6.45) is 4.45. The van der Waals surface area contributed by atoms with Gasteiger partial charge >= 0.3 is 0 Å². The Hall–Kier alpha value is -4.26. The minimum absolute atomic E-state index is 0.00322. The Labute approximate surface area is 184 Å². The number of rotatable bonds is 6. The number of fused-ring (bicyclic) bond motifs is 1. The molecule has 0 saturated heterocycles. The van der Waals surface area contributed by atoms with Crippen LogP contribution in [0.25, 0.3) is 10.9 Å². The zero-order valence-corrected chi connectivity index (χ0v) is 17.7. The first-order valence-electron chi connectivity index (χ1n) is 9.98. The lowest BCUT2D eigenvalue weighted by Gasteiger charge is -2.14. The SMILES string of the molecule is COc1cccc(NC(=O)Cn2cc(C(=O)c3ccncc3)c(=O)c3cc(C)ccc32)c1. The summed E-state index contributed by atoms with van der Waals surface area (Å²) in [5.74, 6) is -0.0915. The number of ether oxygens (including phenoxy) is 1. The van der Waals surface area contributed by atoms with Crippen molar-refractivity contribution in [2.45, 2.75) is 13.5 Å². The van der Waals surface area contributed by atoms with Crippen LogP contribution in [-0.4, -0.2) is 28.4 Å². The van der Waals surface area contributed by atoms with E-state index in [0.29, 0.717) is 27.9 Å². The lowest BCUT2D eigenvalue weighted by atomic mass is 10.0. The summed E-state index contributed by atoms with van der Waals surface area (Å²) in [7, 11) is 1.55. The Morgan fingerprint density at radius 3 is 2.59 bits per heavy atom. The maximum atomic E-state index is 13.1. The number of nitrogens with one attached hydrogen (secondary N) is 1. The average molecular weight is 427 g/mol. The zero-order chi connectivity index (χ0) is 22.7. The molecule has 2 heterocycles. The van der Waals surface area contributed by atoms with Crippen molar-refractivity contribution in [1.29, 1.82) is 0 Å². The van der Waals surface area contributed by atoms with Crippen LogP contribution in [0.4, 0.5) is 5.69 Å². The van der Waals surface area contributed by atoms with Crippen LogP contribution in [0.3, 0.4) is 0 Å². The van der Waals surface area contributed by atoms with Crippen LogP contribution in [0.5, 0.6) is 5.75 Å². The Balaban J connectivity index is 1.74. The molecule has 1 amide bonds. The first kappa shape index (κ1) is 21.0. The molecular weight excluding hydrogens is 406 g/mol. The molecule has 32 heavy (non-hydrogen) atoms. The smallest absolute Gasteiger partial charge is 0.244 e. The molecule has 2 aromatic heterocycles. The van der Waals surface area contributed by atoms with E-state index in [1.54, 1.807) is 60.2 Å². The molecule has 0 aliphatic carbocycles. The van der Waals surface area contributed by atoms with Gasteiger partial charge in [-0.2, -0.15) is 0 Å². The molecule has 2 aromatic carbocycles.